The second-order valence-corrected chi connectivity index (χ2v) is 3.75. The number of nitrogens with one attached hydrogen (secondary N) is 2. The van der Waals surface area contributed by atoms with Crippen LogP contribution in [0.1, 0.15) is 12.0 Å². The van der Waals surface area contributed by atoms with E-state index < -0.39 is 18.0 Å². The molecular formula is C10H16N4O4. The molecule has 1 aromatic heterocycles. The van der Waals surface area contributed by atoms with Crippen LogP contribution in [-0.4, -0.2) is 44.6 Å². The molecule has 8 nitrogen and oxygen atoms in total. The predicted molar refractivity (Wildman–Crippen MR) is 61.7 cm³/mol. The number of hydrogen-bond acceptors (Lipinski definition) is 4. The summed E-state index contributed by atoms with van der Waals surface area (Å²) in [4.78, 5) is 22.2. The van der Waals surface area contributed by atoms with Crippen molar-refractivity contribution in [1.29, 1.82) is 0 Å². The number of aromatic nitrogens is 2. The largest absolute Gasteiger partial charge is 0.480 e. The molecule has 0 aromatic carbocycles. The fraction of sp³-hybridized carbons (Fsp3) is 0.500. The number of carbonyl (C=O) groups is 2. The number of carbonyl (C=O) groups excluding carboxylic acids is 1. The van der Waals surface area contributed by atoms with E-state index >= 15 is 0 Å². The summed E-state index contributed by atoms with van der Waals surface area (Å²) in [5, 5.41) is 26.1. The Morgan fingerprint density at radius 3 is 2.78 bits per heavy atom. The number of urea groups is 1. The van der Waals surface area contributed by atoms with Crippen LogP contribution in [0.3, 0.4) is 0 Å². The molecule has 8 heteroatoms. The lowest BCUT2D eigenvalue weighted by atomic mass is 10.2. The summed E-state index contributed by atoms with van der Waals surface area (Å²) in [6.07, 6.45) is 3.31. The Labute approximate surface area is 104 Å². The molecule has 0 spiro atoms. The van der Waals surface area contributed by atoms with Crippen molar-refractivity contribution in [2.75, 3.05) is 6.61 Å². The molecular weight excluding hydrogens is 240 g/mol. The van der Waals surface area contributed by atoms with Crippen molar-refractivity contribution in [2.24, 2.45) is 7.05 Å². The zero-order valence-corrected chi connectivity index (χ0v) is 9.96. The summed E-state index contributed by atoms with van der Waals surface area (Å²) in [6, 6.07) is -1.69. The number of rotatable bonds is 6. The molecule has 0 saturated carbocycles. The van der Waals surface area contributed by atoms with Gasteiger partial charge in [-0.25, -0.2) is 9.59 Å². The predicted octanol–water partition coefficient (Wildman–Crippen LogP) is -0.945. The summed E-state index contributed by atoms with van der Waals surface area (Å²) in [5.74, 6) is -1.18. The van der Waals surface area contributed by atoms with Gasteiger partial charge in [0.15, 0.2) is 0 Å². The zero-order valence-electron chi connectivity index (χ0n) is 9.96. The lowest BCUT2D eigenvalue weighted by Gasteiger charge is -2.13. The SMILES string of the molecule is Cn1cc(CNC(=O)N[C@@H](CCO)C(=O)O)cn1. The Balaban J connectivity index is 2.38. The average molecular weight is 256 g/mol. The highest BCUT2D eigenvalue weighted by molar-refractivity contribution is 5.82. The average Bonchev–Trinajstić information content (AvgIpc) is 2.72. The fourth-order valence-corrected chi connectivity index (χ4v) is 1.34. The molecule has 0 aliphatic rings. The second kappa shape index (κ2) is 6.60. The number of nitrogens with zero attached hydrogens (tertiary/aromatic N) is 2. The van der Waals surface area contributed by atoms with Gasteiger partial charge in [0.05, 0.1) is 6.20 Å². The van der Waals surface area contributed by atoms with E-state index in [9.17, 15) is 9.59 Å². The number of aliphatic carboxylic acids is 1. The van der Waals surface area contributed by atoms with Gasteiger partial charge in [-0.3, -0.25) is 4.68 Å². The minimum absolute atomic E-state index is 0.0321. The maximum absolute atomic E-state index is 11.4. The third-order valence-corrected chi connectivity index (χ3v) is 2.23. The van der Waals surface area contributed by atoms with Gasteiger partial charge in [-0.05, 0) is 0 Å². The highest BCUT2D eigenvalue weighted by Gasteiger charge is 2.18. The van der Waals surface area contributed by atoms with Gasteiger partial charge in [-0.2, -0.15) is 5.10 Å². The smallest absolute Gasteiger partial charge is 0.326 e. The summed E-state index contributed by atoms with van der Waals surface area (Å²) in [5.41, 5.74) is 0.807. The van der Waals surface area contributed by atoms with Crippen molar-refractivity contribution < 1.29 is 19.8 Å². The van der Waals surface area contributed by atoms with Crippen LogP contribution in [0.25, 0.3) is 0 Å². The highest BCUT2D eigenvalue weighted by Crippen LogP contribution is 1.95. The second-order valence-electron chi connectivity index (χ2n) is 3.75. The topological polar surface area (TPSA) is 116 Å². The fourth-order valence-electron chi connectivity index (χ4n) is 1.34. The molecule has 1 atom stereocenters. The monoisotopic (exact) mass is 256 g/mol. The van der Waals surface area contributed by atoms with E-state index in [0.29, 0.717) is 0 Å². The molecule has 4 N–H and O–H groups in total. The van der Waals surface area contributed by atoms with Gasteiger partial charge in [0.25, 0.3) is 0 Å². The maximum atomic E-state index is 11.4. The molecule has 1 heterocycles. The molecule has 2 amide bonds. The van der Waals surface area contributed by atoms with E-state index in [2.05, 4.69) is 15.7 Å². The molecule has 100 valence electrons. The van der Waals surface area contributed by atoms with Crippen LogP contribution in [0.4, 0.5) is 4.79 Å². The van der Waals surface area contributed by atoms with Crippen molar-refractivity contribution in [2.45, 2.75) is 19.0 Å². The Morgan fingerprint density at radius 2 is 2.28 bits per heavy atom. The maximum Gasteiger partial charge on any atom is 0.326 e. The first kappa shape index (κ1) is 14.0. The number of aryl methyl sites for hydroxylation is 1. The third kappa shape index (κ3) is 4.42. The Hall–Kier alpha value is -2.09. The molecule has 0 bridgehead atoms. The minimum Gasteiger partial charge on any atom is -0.480 e. The number of aliphatic hydroxyl groups excluding tert-OH is 1. The molecule has 0 aliphatic heterocycles. The van der Waals surface area contributed by atoms with E-state index in [1.165, 1.54) is 0 Å². The standard InChI is InChI=1S/C10H16N4O4/c1-14-6-7(5-12-14)4-11-10(18)13-8(2-3-15)9(16)17/h5-6,8,15H,2-4H2,1H3,(H,16,17)(H2,11,13,18)/t8-/m0/s1. The minimum atomic E-state index is -1.18. The highest BCUT2D eigenvalue weighted by atomic mass is 16.4. The Morgan fingerprint density at radius 1 is 1.56 bits per heavy atom. The van der Waals surface area contributed by atoms with E-state index in [4.69, 9.17) is 10.2 Å². The van der Waals surface area contributed by atoms with Crippen LogP contribution in [0.5, 0.6) is 0 Å². The summed E-state index contributed by atoms with van der Waals surface area (Å²) in [6.45, 7) is -0.0506. The van der Waals surface area contributed by atoms with Gasteiger partial charge >= 0.3 is 12.0 Å². The Bertz CT molecular complexity index is 418. The summed E-state index contributed by atoms with van der Waals surface area (Å²) in [7, 11) is 1.76. The van der Waals surface area contributed by atoms with Gasteiger partial charge < -0.3 is 20.8 Å². The number of hydrogen-bond donors (Lipinski definition) is 4. The molecule has 0 radical (unpaired) electrons. The number of aliphatic hydroxyl groups is 1. The lowest BCUT2D eigenvalue weighted by molar-refractivity contribution is -0.139. The molecule has 0 fully saturated rings. The lowest BCUT2D eigenvalue weighted by Crippen LogP contribution is -2.46. The third-order valence-electron chi connectivity index (χ3n) is 2.23. The van der Waals surface area contributed by atoms with Crippen LogP contribution in [0.15, 0.2) is 12.4 Å². The summed E-state index contributed by atoms with van der Waals surface area (Å²) < 4.78 is 1.60. The first-order valence-corrected chi connectivity index (χ1v) is 5.38. The molecule has 0 unspecified atom stereocenters. The number of carboxylic acid groups (broad SMARTS) is 1. The van der Waals surface area contributed by atoms with Crippen molar-refractivity contribution in [3.63, 3.8) is 0 Å². The van der Waals surface area contributed by atoms with Crippen molar-refractivity contribution in [3.05, 3.63) is 18.0 Å². The van der Waals surface area contributed by atoms with Crippen LogP contribution >= 0.6 is 0 Å². The molecule has 0 aliphatic carbocycles. The Kier molecular flexibility index (Phi) is 5.12. The van der Waals surface area contributed by atoms with Gasteiger partial charge in [0, 0.05) is 38.4 Å². The van der Waals surface area contributed by atoms with Crippen LogP contribution in [0, 0.1) is 0 Å². The molecule has 1 rings (SSSR count). The first-order chi connectivity index (χ1) is 8.52. The quantitative estimate of drug-likeness (QED) is 0.524. The number of carboxylic acids is 1. The van der Waals surface area contributed by atoms with Gasteiger partial charge in [-0.1, -0.05) is 0 Å². The van der Waals surface area contributed by atoms with Crippen LogP contribution < -0.4 is 10.6 Å². The molecule has 1 aromatic rings. The first-order valence-electron chi connectivity index (χ1n) is 5.38. The van der Waals surface area contributed by atoms with Crippen molar-refractivity contribution >= 4 is 12.0 Å². The molecule has 0 saturated heterocycles. The van der Waals surface area contributed by atoms with Crippen LogP contribution in [0.2, 0.25) is 0 Å². The van der Waals surface area contributed by atoms with Gasteiger partial charge in [0.2, 0.25) is 0 Å². The van der Waals surface area contributed by atoms with Crippen LogP contribution in [-0.2, 0) is 18.4 Å². The summed E-state index contributed by atoms with van der Waals surface area (Å²) >= 11 is 0. The zero-order chi connectivity index (χ0) is 13.5. The van der Waals surface area contributed by atoms with Crippen molar-refractivity contribution in [3.8, 4) is 0 Å². The van der Waals surface area contributed by atoms with Crippen molar-refractivity contribution in [1.82, 2.24) is 20.4 Å². The van der Waals surface area contributed by atoms with E-state index in [1.54, 1.807) is 24.1 Å². The van der Waals surface area contributed by atoms with E-state index in [1.807, 2.05) is 0 Å². The van der Waals surface area contributed by atoms with Gasteiger partial charge in [0.1, 0.15) is 6.04 Å². The number of amides is 2. The van der Waals surface area contributed by atoms with Gasteiger partial charge in [-0.15, -0.1) is 0 Å². The normalized spacial score (nSPS) is 11.9. The van der Waals surface area contributed by atoms with E-state index in [-0.39, 0.29) is 19.6 Å². The van der Waals surface area contributed by atoms with E-state index in [0.717, 1.165) is 5.56 Å². The molecule has 18 heavy (non-hydrogen) atoms.